The number of carbonyl (C=O) groups excluding carboxylic acids is 2. The minimum Gasteiger partial charge on any atom is -0.271 e. The van der Waals surface area contributed by atoms with Crippen molar-refractivity contribution < 1.29 is 9.59 Å². The summed E-state index contributed by atoms with van der Waals surface area (Å²) in [4.78, 5) is 43.0. The van der Waals surface area contributed by atoms with Gasteiger partial charge in [0.2, 0.25) is 0 Å². The first-order valence-corrected chi connectivity index (χ1v) is 10.4. The maximum absolute atomic E-state index is 12.8. The Morgan fingerprint density at radius 1 is 1.13 bits per heavy atom. The maximum atomic E-state index is 12.8. The largest absolute Gasteiger partial charge is 0.276 e. The van der Waals surface area contributed by atoms with Gasteiger partial charge in [-0.05, 0) is 25.5 Å². The zero-order valence-electron chi connectivity index (χ0n) is 17.0. The molecule has 0 saturated heterocycles. The highest BCUT2D eigenvalue weighted by Crippen LogP contribution is 2.18. The molecule has 9 nitrogen and oxygen atoms in total. The second-order valence-corrected chi connectivity index (χ2v) is 8.17. The summed E-state index contributed by atoms with van der Waals surface area (Å²) in [5, 5.41) is 4.20. The first-order valence-electron chi connectivity index (χ1n) is 9.55. The summed E-state index contributed by atoms with van der Waals surface area (Å²) in [7, 11) is 0. The molecule has 0 aliphatic carbocycles. The van der Waals surface area contributed by atoms with Crippen LogP contribution < -0.4 is 16.4 Å². The molecule has 2 N–H and O–H groups in total. The monoisotopic (exact) mass is 436 g/mol. The van der Waals surface area contributed by atoms with Crippen molar-refractivity contribution in [3.05, 3.63) is 86.5 Å². The molecule has 0 atom stereocenters. The number of thiazole rings is 1. The third kappa shape index (κ3) is 4.53. The summed E-state index contributed by atoms with van der Waals surface area (Å²) in [5.74, 6) is -1.20. The average molecular weight is 436 g/mol. The van der Waals surface area contributed by atoms with Gasteiger partial charge in [-0.2, -0.15) is 5.10 Å². The minimum absolute atomic E-state index is 0.0520. The zero-order valence-corrected chi connectivity index (χ0v) is 17.8. The van der Waals surface area contributed by atoms with Gasteiger partial charge in [-0.3, -0.25) is 34.3 Å². The van der Waals surface area contributed by atoms with E-state index in [9.17, 15) is 14.4 Å². The molecule has 0 unspecified atom stereocenters. The van der Waals surface area contributed by atoms with Crippen molar-refractivity contribution in [1.82, 2.24) is 30.0 Å². The van der Waals surface area contributed by atoms with Crippen molar-refractivity contribution in [3.8, 4) is 0 Å². The molecule has 0 saturated carbocycles. The smallest absolute Gasteiger partial charge is 0.271 e. The van der Waals surface area contributed by atoms with E-state index in [1.165, 1.54) is 26.6 Å². The molecule has 0 aliphatic heterocycles. The number of amides is 2. The van der Waals surface area contributed by atoms with Crippen molar-refractivity contribution in [3.63, 3.8) is 0 Å². The fourth-order valence-electron chi connectivity index (χ4n) is 3.17. The Labute approximate surface area is 181 Å². The number of hydrogen-bond acceptors (Lipinski definition) is 6. The van der Waals surface area contributed by atoms with Crippen LogP contribution in [0.15, 0.2) is 53.6 Å². The minimum atomic E-state index is -0.732. The van der Waals surface area contributed by atoms with Gasteiger partial charge in [0.15, 0.2) is 4.96 Å². The molecule has 158 valence electrons. The van der Waals surface area contributed by atoms with Crippen LogP contribution in [0.5, 0.6) is 0 Å². The third-order valence-electron chi connectivity index (χ3n) is 4.63. The molecule has 0 fully saturated rings. The molecule has 0 spiro atoms. The van der Waals surface area contributed by atoms with Gasteiger partial charge in [0.1, 0.15) is 12.1 Å². The Hall–Kier alpha value is -3.79. The summed E-state index contributed by atoms with van der Waals surface area (Å²) >= 11 is 1.39. The highest BCUT2D eigenvalue weighted by Gasteiger charge is 2.16. The Balaban J connectivity index is 1.45. The molecular weight excluding hydrogens is 416 g/mol. The number of nitrogens with one attached hydrogen (secondary N) is 2. The second-order valence-electron chi connectivity index (χ2n) is 7.08. The van der Waals surface area contributed by atoms with E-state index in [1.54, 1.807) is 6.20 Å². The van der Waals surface area contributed by atoms with Gasteiger partial charge in [-0.15, -0.1) is 11.3 Å². The van der Waals surface area contributed by atoms with Gasteiger partial charge < -0.3 is 0 Å². The number of carbonyl (C=O) groups is 2. The fraction of sp³-hybridized carbons (Fsp3) is 0.190. The van der Waals surface area contributed by atoms with Crippen molar-refractivity contribution in [2.24, 2.45) is 0 Å². The lowest BCUT2D eigenvalue weighted by atomic mass is 10.1. The van der Waals surface area contributed by atoms with Gasteiger partial charge >= 0.3 is 0 Å². The highest BCUT2D eigenvalue weighted by atomic mass is 32.1. The first kappa shape index (κ1) is 20.5. The van der Waals surface area contributed by atoms with Crippen LogP contribution in [0.4, 0.5) is 0 Å². The summed E-state index contributed by atoms with van der Waals surface area (Å²) in [5.41, 5.74) is 6.66. The van der Waals surface area contributed by atoms with E-state index in [-0.39, 0.29) is 12.1 Å². The molecule has 4 rings (SSSR count). The van der Waals surface area contributed by atoms with E-state index in [0.29, 0.717) is 11.4 Å². The first-order chi connectivity index (χ1) is 14.9. The molecule has 10 heteroatoms. The average Bonchev–Trinajstić information content (AvgIpc) is 3.29. The summed E-state index contributed by atoms with van der Waals surface area (Å²) in [6.45, 7) is 3.61. The summed E-state index contributed by atoms with van der Waals surface area (Å²) in [6.07, 6.45) is 3.59. The number of hydrazine groups is 1. The number of fused-ring (bicyclic) bond motifs is 1. The lowest BCUT2D eigenvalue weighted by Gasteiger charge is -2.08. The van der Waals surface area contributed by atoms with E-state index in [2.05, 4.69) is 20.9 Å². The third-order valence-corrected chi connectivity index (χ3v) is 5.63. The quantitative estimate of drug-likeness (QED) is 0.462. The molecule has 31 heavy (non-hydrogen) atoms. The van der Waals surface area contributed by atoms with Crippen LogP contribution in [0.3, 0.4) is 0 Å². The van der Waals surface area contributed by atoms with E-state index in [4.69, 9.17) is 0 Å². The maximum Gasteiger partial charge on any atom is 0.276 e. The Morgan fingerprint density at radius 2 is 1.90 bits per heavy atom. The predicted molar refractivity (Wildman–Crippen MR) is 116 cm³/mol. The molecule has 3 heterocycles. The molecule has 3 aromatic heterocycles. The molecule has 1 aromatic carbocycles. The fourth-order valence-corrected chi connectivity index (χ4v) is 4.14. The van der Waals surface area contributed by atoms with Gasteiger partial charge in [-0.1, -0.05) is 30.3 Å². The molecule has 0 aliphatic rings. The number of hydrogen-bond donors (Lipinski definition) is 2. The van der Waals surface area contributed by atoms with Crippen LogP contribution in [0, 0.1) is 13.8 Å². The van der Waals surface area contributed by atoms with Crippen LogP contribution in [-0.4, -0.2) is 31.0 Å². The van der Waals surface area contributed by atoms with E-state index in [1.807, 2.05) is 50.2 Å². The van der Waals surface area contributed by atoms with Crippen LogP contribution in [0.25, 0.3) is 4.96 Å². The van der Waals surface area contributed by atoms with Crippen molar-refractivity contribution >= 4 is 28.1 Å². The number of rotatable bonds is 5. The highest BCUT2D eigenvalue weighted by molar-refractivity contribution is 7.17. The van der Waals surface area contributed by atoms with Crippen LogP contribution in [-0.2, 0) is 17.8 Å². The van der Waals surface area contributed by atoms with Crippen LogP contribution in [0.2, 0.25) is 0 Å². The zero-order chi connectivity index (χ0) is 22.0. The Kier molecular flexibility index (Phi) is 5.63. The Bertz CT molecular complexity index is 1320. The van der Waals surface area contributed by atoms with Crippen molar-refractivity contribution in [2.75, 3.05) is 0 Å². The summed E-state index contributed by atoms with van der Waals surface area (Å²) < 4.78 is 2.88. The number of aromatic nitrogens is 4. The standard InChI is InChI=1S/C21H20N6O3S/c1-13-8-14(2)27(25-13)12-18(28)23-24-19(29)17-10-22-21-26(20(17)30)11-16(31-21)9-15-6-4-3-5-7-15/h3-8,10-11H,9,12H2,1-2H3,(H,23,28)(H,24,29). The van der Waals surface area contributed by atoms with Gasteiger partial charge in [0.25, 0.3) is 17.4 Å². The number of benzene rings is 1. The molecule has 0 bridgehead atoms. The van der Waals surface area contributed by atoms with Crippen LogP contribution in [0.1, 0.15) is 32.2 Å². The van der Waals surface area contributed by atoms with E-state index < -0.39 is 17.4 Å². The SMILES string of the molecule is Cc1cc(C)n(CC(=O)NNC(=O)c2cnc3sc(Cc4ccccc4)cn3c2=O)n1. The molecule has 0 radical (unpaired) electrons. The van der Waals surface area contributed by atoms with Gasteiger partial charge in [-0.25, -0.2) is 4.98 Å². The molecule has 2 amide bonds. The van der Waals surface area contributed by atoms with Gasteiger partial charge in [0.05, 0.1) is 5.69 Å². The van der Waals surface area contributed by atoms with E-state index in [0.717, 1.165) is 21.8 Å². The number of nitrogens with zero attached hydrogens (tertiary/aromatic N) is 4. The Morgan fingerprint density at radius 3 is 2.61 bits per heavy atom. The lowest BCUT2D eigenvalue weighted by Crippen LogP contribution is -2.45. The van der Waals surface area contributed by atoms with E-state index >= 15 is 0 Å². The topological polar surface area (TPSA) is 110 Å². The molecule has 4 aromatic rings. The molecular formula is C21H20N6O3S. The van der Waals surface area contributed by atoms with Crippen molar-refractivity contribution in [1.29, 1.82) is 0 Å². The van der Waals surface area contributed by atoms with Crippen molar-refractivity contribution in [2.45, 2.75) is 26.8 Å². The predicted octanol–water partition coefficient (Wildman–Crippen LogP) is 1.62. The second kappa shape index (κ2) is 8.52. The lowest BCUT2D eigenvalue weighted by molar-refractivity contribution is -0.122. The van der Waals surface area contributed by atoms with Gasteiger partial charge in [0, 0.05) is 29.4 Å². The summed E-state index contributed by atoms with van der Waals surface area (Å²) in [6, 6.07) is 11.7. The normalized spacial score (nSPS) is 10.9. The number of aryl methyl sites for hydroxylation is 2. The van der Waals surface area contributed by atoms with Crippen LogP contribution >= 0.6 is 11.3 Å².